The van der Waals surface area contributed by atoms with E-state index in [1.807, 2.05) is 42.5 Å². The van der Waals surface area contributed by atoms with Crippen LogP contribution in [0.25, 0.3) is 22.0 Å². The van der Waals surface area contributed by atoms with Crippen LogP contribution in [0.3, 0.4) is 0 Å². The fourth-order valence-electron chi connectivity index (χ4n) is 3.40. The van der Waals surface area contributed by atoms with Crippen molar-refractivity contribution in [3.63, 3.8) is 0 Å². The van der Waals surface area contributed by atoms with Crippen molar-refractivity contribution in [1.82, 2.24) is 10.5 Å². The fraction of sp³-hybridized carbons (Fsp3) is 0.217. The first-order valence-corrected chi connectivity index (χ1v) is 12.0. The van der Waals surface area contributed by atoms with Gasteiger partial charge in [0.25, 0.3) is 0 Å². The molecule has 33 heavy (non-hydrogen) atoms. The summed E-state index contributed by atoms with van der Waals surface area (Å²) in [6.45, 7) is 0.227. The SMILES string of the molecule is O=S(=O)(CCNCC(O)COc1cccc2ccccc12)c1no[n+]([O-])c1-c1ccccc1. The number of benzene rings is 3. The summed E-state index contributed by atoms with van der Waals surface area (Å²) >= 11 is 0. The zero-order chi connectivity index (χ0) is 23.3. The smallest absolute Gasteiger partial charge is 0.339 e. The maximum absolute atomic E-state index is 12.7. The Morgan fingerprint density at radius 2 is 1.79 bits per heavy atom. The minimum Gasteiger partial charge on any atom is -0.490 e. The Morgan fingerprint density at radius 1 is 1.06 bits per heavy atom. The molecular weight excluding hydrogens is 446 g/mol. The van der Waals surface area contributed by atoms with Crippen LogP contribution < -0.4 is 15.0 Å². The third-order valence-electron chi connectivity index (χ3n) is 5.03. The van der Waals surface area contributed by atoms with Crippen molar-refractivity contribution in [2.45, 2.75) is 11.1 Å². The molecule has 10 heteroatoms. The lowest BCUT2D eigenvalue weighted by molar-refractivity contribution is -0.793. The highest BCUT2D eigenvalue weighted by Crippen LogP contribution is 2.25. The quantitative estimate of drug-likeness (QED) is 0.266. The largest absolute Gasteiger partial charge is 0.490 e. The van der Waals surface area contributed by atoms with E-state index >= 15 is 0 Å². The maximum Gasteiger partial charge on any atom is 0.339 e. The van der Waals surface area contributed by atoms with Crippen LogP contribution in [0.4, 0.5) is 0 Å². The molecule has 0 aliphatic carbocycles. The molecule has 4 aromatic rings. The number of sulfone groups is 1. The fourth-order valence-corrected chi connectivity index (χ4v) is 4.64. The average Bonchev–Trinajstić information content (AvgIpc) is 3.23. The van der Waals surface area contributed by atoms with E-state index < -0.39 is 21.0 Å². The van der Waals surface area contributed by atoms with Crippen molar-refractivity contribution in [2.75, 3.05) is 25.4 Å². The predicted octanol–water partition coefficient (Wildman–Crippen LogP) is 1.93. The first kappa shape index (κ1) is 22.7. The predicted molar refractivity (Wildman–Crippen MR) is 121 cm³/mol. The number of nitrogens with zero attached hydrogens (tertiary/aromatic N) is 2. The molecule has 1 unspecified atom stereocenters. The number of fused-ring (bicyclic) bond motifs is 1. The van der Waals surface area contributed by atoms with Gasteiger partial charge in [0.15, 0.2) is 0 Å². The second kappa shape index (κ2) is 9.99. The van der Waals surface area contributed by atoms with Gasteiger partial charge in [-0.1, -0.05) is 66.7 Å². The molecule has 0 saturated heterocycles. The van der Waals surface area contributed by atoms with Crippen molar-refractivity contribution < 1.29 is 27.8 Å². The summed E-state index contributed by atoms with van der Waals surface area (Å²) in [6.07, 6.45) is -0.845. The van der Waals surface area contributed by atoms with Crippen LogP contribution >= 0.6 is 0 Å². The Balaban J connectivity index is 1.30. The topological polar surface area (TPSA) is 129 Å². The van der Waals surface area contributed by atoms with E-state index in [2.05, 4.69) is 15.1 Å². The zero-order valence-corrected chi connectivity index (χ0v) is 18.4. The van der Waals surface area contributed by atoms with Gasteiger partial charge in [0.2, 0.25) is 15.5 Å². The molecule has 0 fully saturated rings. The lowest BCUT2D eigenvalue weighted by Gasteiger charge is -2.14. The molecule has 0 amide bonds. The highest BCUT2D eigenvalue weighted by molar-refractivity contribution is 7.91. The van der Waals surface area contributed by atoms with Crippen molar-refractivity contribution in [3.05, 3.63) is 78.0 Å². The van der Waals surface area contributed by atoms with Crippen molar-refractivity contribution >= 4 is 20.6 Å². The van der Waals surface area contributed by atoms with E-state index in [-0.39, 0.29) is 36.0 Å². The number of rotatable bonds is 10. The number of ether oxygens (including phenoxy) is 1. The highest BCUT2D eigenvalue weighted by Gasteiger charge is 2.32. The Bertz CT molecular complexity index is 1320. The number of aliphatic hydroxyl groups excluding tert-OH is 1. The normalized spacial score (nSPS) is 12.6. The van der Waals surface area contributed by atoms with Gasteiger partial charge in [-0.15, -0.1) is 0 Å². The Hall–Kier alpha value is -3.47. The second-order valence-electron chi connectivity index (χ2n) is 7.41. The molecule has 172 valence electrons. The molecule has 2 N–H and O–H groups in total. The third kappa shape index (κ3) is 5.30. The van der Waals surface area contributed by atoms with Gasteiger partial charge in [-0.2, -0.15) is 0 Å². The average molecular weight is 470 g/mol. The number of hydrogen-bond donors (Lipinski definition) is 2. The molecule has 0 saturated carbocycles. The number of hydrogen-bond acceptors (Lipinski definition) is 8. The molecule has 3 aromatic carbocycles. The van der Waals surface area contributed by atoms with E-state index in [4.69, 9.17) is 4.74 Å². The lowest BCUT2D eigenvalue weighted by Crippen LogP contribution is -2.34. The first-order chi connectivity index (χ1) is 16.0. The summed E-state index contributed by atoms with van der Waals surface area (Å²) in [7, 11) is -3.90. The van der Waals surface area contributed by atoms with Crippen molar-refractivity contribution in [3.8, 4) is 17.0 Å². The summed E-state index contributed by atoms with van der Waals surface area (Å²) in [5.41, 5.74) is 0.236. The molecule has 1 atom stereocenters. The Kier molecular flexibility index (Phi) is 6.87. The van der Waals surface area contributed by atoms with Crippen LogP contribution in [0.1, 0.15) is 0 Å². The van der Waals surface area contributed by atoms with Gasteiger partial charge in [-0.3, -0.25) is 4.63 Å². The highest BCUT2D eigenvalue weighted by atomic mass is 32.2. The van der Waals surface area contributed by atoms with Crippen LogP contribution in [0.5, 0.6) is 5.75 Å². The van der Waals surface area contributed by atoms with Gasteiger partial charge in [0.05, 0.1) is 10.9 Å². The van der Waals surface area contributed by atoms with E-state index in [9.17, 15) is 18.7 Å². The van der Waals surface area contributed by atoms with E-state index in [1.54, 1.807) is 30.3 Å². The molecule has 4 rings (SSSR count). The summed E-state index contributed by atoms with van der Waals surface area (Å²) in [6, 6.07) is 21.8. The lowest BCUT2D eigenvalue weighted by atomic mass is 10.1. The second-order valence-corrected chi connectivity index (χ2v) is 9.44. The standard InChI is InChI=1S/C23H23N3O6S/c27-19(16-31-21-12-6-10-17-7-4-5-11-20(17)21)15-24-13-14-33(29,30)23-22(26(28)32-25-23)18-8-2-1-3-9-18/h1-12,19,24,27H,13-16H2. The van der Waals surface area contributed by atoms with Gasteiger partial charge >= 0.3 is 5.03 Å². The Morgan fingerprint density at radius 3 is 2.61 bits per heavy atom. The third-order valence-corrected chi connectivity index (χ3v) is 6.63. The van der Waals surface area contributed by atoms with E-state index in [0.29, 0.717) is 11.3 Å². The molecule has 0 radical (unpaired) electrons. The van der Waals surface area contributed by atoms with Crippen LogP contribution in [-0.2, 0) is 9.84 Å². The molecular formula is C23H23N3O6S. The monoisotopic (exact) mass is 469 g/mol. The molecule has 0 aliphatic rings. The van der Waals surface area contributed by atoms with Gasteiger partial charge in [0, 0.05) is 24.0 Å². The van der Waals surface area contributed by atoms with E-state index in [1.165, 1.54) is 0 Å². The summed E-state index contributed by atoms with van der Waals surface area (Å²) in [4.78, 5) is 0.0873. The molecule has 0 spiro atoms. The zero-order valence-electron chi connectivity index (χ0n) is 17.6. The maximum atomic E-state index is 12.7. The summed E-state index contributed by atoms with van der Waals surface area (Å²) in [5, 5.41) is 30.1. The minimum atomic E-state index is -3.90. The summed E-state index contributed by atoms with van der Waals surface area (Å²) in [5.74, 6) is 0.344. The Labute approximate surface area is 190 Å². The summed E-state index contributed by atoms with van der Waals surface area (Å²) < 4.78 is 35.7. The number of aromatic nitrogens is 2. The van der Waals surface area contributed by atoms with Crippen LogP contribution in [0, 0.1) is 5.21 Å². The first-order valence-electron chi connectivity index (χ1n) is 10.3. The van der Waals surface area contributed by atoms with E-state index in [0.717, 1.165) is 10.8 Å². The van der Waals surface area contributed by atoms with Gasteiger partial charge < -0.3 is 20.4 Å². The number of nitrogens with one attached hydrogen (secondary N) is 1. The molecule has 0 aliphatic heterocycles. The number of aliphatic hydroxyl groups is 1. The molecule has 9 nitrogen and oxygen atoms in total. The van der Waals surface area contributed by atoms with Gasteiger partial charge in [-0.05, 0) is 16.4 Å². The molecule has 1 aromatic heterocycles. The van der Waals surface area contributed by atoms with Crippen LogP contribution in [-0.4, -0.2) is 50.2 Å². The van der Waals surface area contributed by atoms with Crippen LogP contribution in [0.2, 0.25) is 0 Å². The van der Waals surface area contributed by atoms with Gasteiger partial charge in [-0.25, -0.2) is 8.42 Å². The van der Waals surface area contributed by atoms with Crippen LogP contribution in [0.15, 0.2) is 82.5 Å². The minimum absolute atomic E-state index is 0.0470. The van der Waals surface area contributed by atoms with Gasteiger partial charge in [0.1, 0.15) is 18.5 Å². The van der Waals surface area contributed by atoms with Crippen molar-refractivity contribution in [2.24, 2.45) is 0 Å². The molecule has 0 bridgehead atoms. The molecule has 1 heterocycles. The van der Waals surface area contributed by atoms with Crippen molar-refractivity contribution in [1.29, 1.82) is 0 Å².